The van der Waals surface area contributed by atoms with Gasteiger partial charge in [-0.1, -0.05) is 175 Å². The zero-order valence-electron chi connectivity index (χ0n) is 21.4. The zero-order valence-corrected chi connectivity index (χ0v) is 21.4. The molecule has 0 spiro atoms. The van der Waals surface area contributed by atoms with E-state index in [1.54, 1.807) is 0 Å². The summed E-state index contributed by atoms with van der Waals surface area (Å²) in [6, 6.07) is 0. The molecule has 0 rings (SSSR count). The molecule has 0 amide bonds. The van der Waals surface area contributed by atoms with Crippen LogP contribution in [0.4, 0.5) is 0 Å². The van der Waals surface area contributed by atoms with Gasteiger partial charge < -0.3 is 0 Å². The van der Waals surface area contributed by atoms with Gasteiger partial charge in [0.15, 0.2) is 0 Å². The van der Waals surface area contributed by atoms with Gasteiger partial charge in [0.25, 0.3) is 0 Å². The Morgan fingerprint density at radius 2 is 0.552 bits per heavy atom. The minimum Gasteiger partial charge on any atom is -0.0654 e. The van der Waals surface area contributed by atoms with Crippen LogP contribution in [0.25, 0.3) is 0 Å². The molecule has 0 N–H and O–H groups in total. The maximum Gasteiger partial charge on any atom is -0.0443 e. The molecule has 2 atom stereocenters. The van der Waals surface area contributed by atoms with Gasteiger partial charge in [0.05, 0.1) is 0 Å². The lowest BCUT2D eigenvalue weighted by molar-refractivity contribution is 0.403. The number of rotatable bonds is 24. The van der Waals surface area contributed by atoms with Gasteiger partial charge in [-0.15, -0.1) is 0 Å². The normalized spacial score (nSPS) is 13.7. The van der Waals surface area contributed by atoms with Crippen molar-refractivity contribution in [1.82, 2.24) is 0 Å². The highest BCUT2D eigenvalue weighted by molar-refractivity contribution is 4.58. The summed E-state index contributed by atoms with van der Waals surface area (Å²) in [6.45, 7) is 9.56. The van der Waals surface area contributed by atoms with Crippen LogP contribution in [-0.4, -0.2) is 0 Å². The van der Waals surface area contributed by atoms with Crippen LogP contribution in [0.5, 0.6) is 0 Å². The van der Waals surface area contributed by atoms with E-state index in [0.29, 0.717) is 0 Å². The summed E-state index contributed by atoms with van der Waals surface area (Å²) in [5.74, 6) is 1.92. The molecule has 176 valence electrons. The summed E-state index contributed by atoms with van der Waals surface area (Å²) < 4.78 is 0. The van der Waals surface area contributed by atoms with Crippen LogP contribution in [0.15, 0.2) is 0 Å². The first-order valence-corrected chi connectivity index (χ1v) is 14.2. The smallest absolute Gasteiger partial charge is 0.0443 e. The third-order valence-corrected chi connectivity index (χ3v) is 6.99. The van der Waals surface area contributed by atoms with Crippen LogP contribution in [0.1, 0.15) is 175 Å². The van der Waals surface area contributed by atoms with Crippen LogP contribution >= 0.6 is 0 Å². The van der Waals surface area contributed by atoms with Crippen molar-refractivity contribution in [3.63, 3.8) is 0 Å². The summed E-state index contributed by atoms with van der Waals surface area (Å²) in [5, 5.41) is 0. The Morgan fingerprint density at radius 1 is 0.310 bits per heavy atom. The van der Waals surface area contributed by atoms with Crippen molar-refractivity contribution in [3.8, 4) is 0 Å². The Balaban J connectivity index is 3.18. The lowest BCUT2D eigenvalue weighted by Gasteiger charge is -2.13. The zero-order chi connectivity index (χ0) is 21.4. The Labute approximate surface area is 187 Å². The molecular weight excluding hydrogens is 348 g/mol. The van der Waals surface area contributed by atoms with Crippen LogP contribution in [0.2, 0.25) is 0 Å². The van der Waals surface area contributed by atoms with Crippen LogP contribution in [0, 0.1) is 11.8 Å². The quantitative estimate of drug-likeness (QED) is 0.139. The molecule has 0 nitrogen and oxygen atoms in total. The molecule has 0 fully saturated rings. The lowest BCUT2D eigenvalue weighted by atomic mass is 9.93. The summed E-state index contributed by atoms with van der Waals surface area (Å²) in [5.41, 5.74) is 0. The molecule has 0 aliphatic heterocycles. The minimum absolute atomic E-state index is 0.959. The molecule has 0 saturated carbocycles. The van der Waals surface area contributed by atoms with Gasteiger partial charge >= 0.3 is 0 Å². The monoisotopic (exact) mass is 408 g/mol. The summed E-state index contributed by atoms with van der Waals surface area (Å²) in [4.78, 5) is 0. The second-order valence-electron chi connectivity index (χ2n) is 10.4. The number of hydrogen-bond donors (Lipinski definition) is 0. The molecule has 29 heavy (non-hydrogen) atoms. The summed E-state index contributed by atoms with van der Waals surface area (Å²) in [6.07, 6.45) is 33.7. The second kappa shape index (κ2) is 24.3. The molecule has 2 unspecified atom stereocenters. The molecule has 0 aliphatic rings. The van der Waals surface area contributed by atoms with E-state index >= 15 is 0 Å². The molecule has 0 aromatic rings. The average molecular weight is 409 g/mol. The van der Waals surface area contributed by atoms with Crippen LogP contribution < -0.4 is 0 Å². The fourth-order valence-corrected chi connectivity index (χ4v) is 4.69. The highest BCUT2D eigenvalue weighted by Crippen LogP contribution is 2.21. The minimum atomic E-state index is 0.959. The van der Waals surface area contributed by atoms with E-state index in [9.17, 15) is 0 Å². The van der Waals surface area contributed by atoms with Crippen molar-refractivity contribution in [3.05, 3.63) is 0 Å². The first kappa shape index (κ1) is 29.0. The van der Waals surface area contributed by atoms with Crippen LogP contribution in [-0.2, 0) is 0 Å². The first-order chi connectivity index (χ1) is 14.2. The van der Waals surface area contributed by atoms with Gasteiger partial charge in [-0.05, 0) is 11.8 Å². The third kappa shape index (κ3) is 24.1. The van der Waals surface area contributed by atoms with Crippen molar-refractivity contribution in [1.29, 1.82) is 0 Å². The molecule has 0 radical (unpaired) electrons. The van der Waals surface area contributed by atoms with Gasteiger partial charge in [0, 0.05) is 0 Å². The fraction of sp³-hybridized carbons (Fsp3) is 1.00. The Kier molecular flexibility index (Phi) is 24.3. The first-order valence-electron chi connectivity index (χ1n) is 14.2. The molecule has 0 aromatic carbocycles. The molecule has 0 aromatic heterocycles. The predicted molar refractivity (Wildman–Crippen MR) is 136 cm³/mol. The standard InChI is InChI=1S/C29H60/c1-5-7-9-10-11-12-13-14-15-16-17-18-19-20-21-25-29(4)27-23-22-26-28(3)24-8-6-2/h28-29H,5-27H2,1-4H3. The van der Waals surface area contributed by atoms with E-state index in [4.69, 9.17) is 0 Å². The summed E-state index contributed by atoms with van der Waals surface area (Å²) in [7, 11) is 0. The molecule has 0 heterocycles. The summed E-state index contributed by atoms with van der Waals surface area (Å²) >= 11 is 0. The second-order valence-corrected chi connectivity index (χ2v) is 10.4. The molecule has 0 aliphatic carbocycles. The van der Waals surface area contributed by atoms with Crippen molar-refractivity contribution in [2.45, 2.75) is 175 Å². The number of hydrogen-bond acceptors (Lipinski definition) is 0. The van der Waals surface area contributed by atoms with Crippen molar-refractivity contribution in [2.75, 3.05) is 0 Å². The Bertz CT molecular complexity index is 282. The highest BCUT2D eigenvalue weighted by Gasteiger charge is 2.05. The van der Waals surface area contributed by atoms with E-state index in [2.05, 4.69) is 27.7 Å². The highest BCUT2D eigenvalue weighted by atomic mass is 14.1. The molecule has 0 saturated heterocycles. The van der Waals surface area contributed by atoms with Gasteiger partial charge in [-0.25, -0.2) is 0 Å². The van der Waals surface area contributed by atoms with Crippen molar-refractivity contribution >= 4 is 0 Å². The Morgan fingerprint density at radius 3 is 0.897 bits per heavy atom. The topological polar surface area (TPSA) is 0 Å². The molecule has 0 bridgehead atoms. The van der Waals surface area contributed by atoms with Gasteiger partial charge in [0.2, 0.25) is 0 Å². The van der Waals surface area contributed by atoms with E-state index < -0.39 is 0 Å². The van der Waals surface area contributed by atoms with E-state index in [-0.39, 0.29) is 0 Å². The number of unbranched alkanes of at least 4 members (excludes halogenated alkanes) is 16. The van der Waals surface area contributed by atoms with Gasteiger partial charge in [0.1, 0.15) is 0 Å². The van der Waals surface area contributed by atoms with E-state index in [1.165, 1.54) is 148 Å². The third-order valence-electron chi connectivity index (χ3n) is 6.99. The molecular formula is C29H60. The van der Waals surface area contributed by atoms with Crippen molar-refractivity contribution in [2.24, 2.45) is 11.8 Å². The SMILES string of the molecule is CCCCCCCCCCCCCCCCCC(C)CCCCC(C)CCCC. The van der Waals surface area contributed by atoms with Gasteiger partial charge in [-0.3, -0.25) is 0 Å². The van der Waals surface area contributed by atoms with E-state index in [1.807, 2.05) is 0 Å². The van der Waals surface area contributed by atoms with Gasteiger partial charge in [-0.2, -0.15) is 0 Å². The Hall–Kier alpha value is 0. The lowest BCUT2D eigenvalue weighted by Crippen LogP contribution is -1.98. The predicted octanol–water partition coefficient (Wildman–Crippen LogP) is 11.3. The van der Waals surface area contributed by atoms with E-state index in [0.717, 1.165) is 11.8 Å². The van der Waals surface area contributed by atoms with Crippen LogP contribution in [0.3, 0.4) is 0 Å². The largest absolute Gasteiger partial charge is 0.0654 e. The molecule has 0 heteroatoms. The maximum atomic E-state index is 2.49. The fourth-order valence-electron chi connectivity index (χ4n) is 4.69. The van der Waals surface area contributed by atoms with Crippen molar-refractivity contribution < 1.29 is 0 Å². The maximum absolute atomic E-state index is 2.49. The average Bonchev–Trinajstić information content (AvgIpc) is 2.72.